The van der Waals surface area contributed by atoms with Crippen LogP contribution in [-0.2, 0) is 32.0 Å². The SMILES string of the molecule is Cc1cc(C)n(-c2cc([C@H](CC(=O)O)CN3CC[C@@H](CCc4ccc5c(n4)NCCC5)C3)cc(N3CCN(C(=O)CCCC(=O)NCCCCCC(=O)N4C[C@H](O)C[C@H]4CO)CC3)c2)n1. The summed E-state index contributed by atoms with van der Waals surface area (Å²) in [5, 5.41) is 40.7. The fourth-order valence-electron chi connectivity index (χ4n) is 10.2. The largest absolute Gasteiger partial charge is 0.481 e. The van der Waals surface area contributed by atoms with E-state index in [9.17, 15) is 34.5 Å². The molecule has 0 saturated carbocycles. The lowest BCUT2D eigenvalue weighted by Crippen LogP contribution is -2.48. The number of anilines is 2. The number of aliphatic hydroxyl groups is 2. The number of likely N-dealkylation sites (tertiary alicyclic amines) is 2. The standard InChI is InChI=1S/C49H71N9O7/c1-34-24-35(2)58(53-34)42-26-38(39(27-48(64)65)31-54-19-16-36(30-54)12-14-40-15-13-37-8-7-18-51-49(37)52-40)25-41(28-42)55-20-22-56(23-21-55)46(62)11-6-9-45(61)50-17-5-3-4-10-47(63)57-32-44(60)29-43(57)33-59/h13,15,24-26,28,36,39,43-44,59-60H,3-12,14,16-23,27,29-33H2,1-2H3,(H,50,61)(H,51,52)(H,64,65)/t36-,39-,43+,44-/m1/s1. The number of amides is 3. The van der Waals surface area contributed by atoms with E-state index in [-0.39, 0.29) is 55.7 Å². The molecule has 0 unspecified atom stereocenters. The number of hydrogen-bond acceptors (Lipinski definition) is 11. The van der Waals surface area contributed by atoms with Crippen molar-refractivity contribution in [1.82, 2.24) is 34.8 Å². The zero-order valence-electron chi connectivity index (χ0n) is 38.6. The van der Waals surface area contributed by atoms with E-state index in [1.54, 1.807) is 4.90 Å². The number of aliphatic hydroxyl groups excluding tert-OH is 2. The number of hydrogen-bond donors (Lipinski definition) is 5. The number of carboxylic acid groups (broad SMARTS) is 1. The van der Waals surface area contributed by atoms with Gasteiger partial charge in [0.2, 0.25) is 17.7 Å². The second-order valence-electron chi connectivity index (χ2n) is 18.9. The summed E-state index contributed by atoms with van der Waals surface area (Å²) in [5.74, 6) is 0.430. The molecule has 354 valence electrons. The lowest BCUT2D eigenvalue weighted by atomic mass is 9.93. The first kappa shape index (κ1) is 47.9. The Morgan fingerprint density at radius 2 is 1.71 bits per heavy atom. The summed E-state index contributed by atoms with van der Waals surface area (Å²) in [5.41, 5.74) is 7.20. The Labute approximate surface area is 383 Å². The molecule has 0 radical (unpaired) electrons. The minimum absolute atomic E-state index is 0.0226. The summed E-state index contributed by atoms with van der Waals surface area (Å²) < 4.78 is 1.94. The minimum atomic E-state index is -0.820. The predicted molar refractivity (Wildman–Crippen MR) is 249 cm³/mol. The second-order valence-corrected chi connectivity index (χ2v) is 18.9. The van der Waals surface area contributed by atoms with Gasteiger partial charge in [-0.2, -0.15) is 5.10 Å². The van der Waals surface area contributed by atoms with Gasteiger partial charge in [-0.15, -0.1) is 0 Å². The number of benzene rings is 1. The van der Waals surface area contributed by atoms with Gasteiger partial charge in [0.15, 0.2) is 0 Å². The highest BCUT2D eigenvalue weighted by Gasteiger charge is 2.33. The third kappa shape index (κ3) is 13.3. The molecule has 7 rings (SSSR count). The Hall–Kier alpha value is -5.06. The van der Waals surface area contributed by atoms with Crippen molar-refractivity contribution in [1.29, 1.82) is 0 Å². The molecular formula is C49H71N9O7. The molecule has 2 aromatic heterocycles. The van der Waals surface area contributed by atoms with Crippen LogP contribution in [0.5, 0.6) is 0 Å². The van der Waals surface area contributed by atoms with Gasteiger partial charge in [0, 0.05) is 101 Å². The van der Waals surface area contributed by atoms with Gasteiger partial charge in [-0.25, -0.2) is 9.67 Å². The topological polar surface area (TPSA) is 197 Å². The summed E-state index contributed by atoms with van der Waals surface area (Å²) >= 11 is 0. The van der Waals surface area contributed by atoms with E-state index >= 15 is 0 Å². The van der Waals surface area contributed by atoms with Gasteiger partial charge in [-0.3, -0.25) is 19.2 Å². The van der Waals surface area contributed by atoms with Gasteiger partial charge in [-0.05, 0) is 126 Å². The number of rotatable bonds is 21. The van der Waals surface area contributed by atoms with Gasteiger partial charge in [0.1, 0.15) is 5.82 Å². The Bertz CT molecular complexity index is 2100. The zero-order valence-corrected chi connectivity index (χ0v) is 38.6. The number of fused-ring (bicyclic) bond motifs is 1. The molecule has 3 aromatic rings. The van der Waals surface area contributed by atoms with Crippen LogP contribution in [0.2, 0.25) is 0 Å². The number of carbonyl (C=O) groups is 4. The van der Waals surface area contributed by atoms with Crippen LogP contribution in [0.3, 0.4) is 0 Å². The number of aromatic nitrogens is 3. The van der Waals surface area contributed by atoms with Crippen LogP contribution in [-0.4, -0.2) is 153 Å². The fraction of sp³-hybridized carbons (Fsp3) is 0.633. The third-order valence-corrected chi connectivity index (χ3v) is 13.8. The molecule has 6 heterocycles. The number of piperazine rings is 1. The third-order valence-electron chi connectivity index (χ3n) is 13.8. The van der Waals surface area contributed by atoms with Crippen molar-refractivity contribution in [2.45, 2.75) is 122 Å². The molecule has 4 aliphatic rings. The van der Waals surface area contributed by atoms with Crippen LogP contribution in [0.4, 0.5) is 11.5 Å². The molecule has 4 atom stereocenters. The second kappa shape index (κ2) is 22.9. The van der Waals surface area contributed by atoms with Gasteiger partial charge in [-0.1, -0.05) is 12.5 Å². The number of pyridine rings is 1. The van der Waals surface area contributed by atoms with Gasteiger partial charge >= 0.3 is 5.97 Å². The van der Waals surface area contributed by atoms with Crippen molar-refractivity contribution < 1.29 is 34.5 Å². The molecule has 3 saturated heterocycles. The molecule has 16 heteroatoms. The van der Waals surface area contributed by atoms with Crippen LogP contribution in [0.25, 0.3) is 5.69 Å². The number of carboxylic acids is 1. The number of nitrogens with one attached hydrogen (secondary N) is 2. The molecule has 0 bridgehead atoms. The molecule has 16 nitrogen and oxygen atoms in total. The number of carbonyl (C=O) groups excluding carboxylic acids is 3. The van der Waals surface area contributed by atoms with Crippen molar-refractivity contribution in [3.63, 3.8) is 0 Å². The summed E-state index contributed by atoms with van der Waals surface area (Å²) in [6.45, 7) is 10.5. The average molecular weight is 898 g/mol. The Kier molecular flexibility index (Phi) is 16.9. The van der Waals surface area contributed by atoms with E-state index in [4.69, 9.17) is 10.1 Å². The van der Waals surface area contributed by atoms with Crippen LogP contribution in [0.15, 0.2) is 36.4 Å². The molecule has 3 amide bonds. The highest BCUT2D eigenvalue weighted by atomic mass is 16.4. The molecule has 5 N–H and O–H groups in total. The Balaban J connectivity index is 0.881. The molecule has 0 aliphatic carbocycles. The minimum Gasteiger partial charge on any atom is -0.481 e. The maximum absolute atomic E-state index is 13.3. The average Bonchev–Trinajstić information content (AvgIpc) is 4.02. The highest BCUT2D eigenvalue weighted by molar-refractivity contribution is 5.79. The Morgan fingerprint density at radius 1 is 0.908 bits per heavy atom. The number of β-amino-alcohol motifs (C(OH)–C–C–N with tert-alkyl or cyclic N) is 1. The van der Waals surface area contributed by atoms with E-state index in [1.807, 2.05) is 29.5 Å². The summed E-state index contributed by atoms with van der Waals surface area (Å²) in [4.78, 5) is 63.8. The first-order chi connectivity index (χ1) is 31.4. The molecule has 1 aromatic carbocycles. The predicted octanol–water partition coefficient (Wildman–Crippen LogP) is 4.20. The van der Waals surface area contributed by atoms with E-state index in [0.717, 1.165) is 104 Å². The first-order valence-electron chi connectivity index (χ1n) is 24.2. The fourth-order valence-corrected chi connectivity index (χ4v) is 10.2. The van der Waals surface area contributed by atoms with E-state index in [1.165, 1.54) is 5.56 Å². The zero-order chi connectivity index (χ0) is 45.9. The van der Waals surface area contributed by atoms with Crippen LogP contribution in [0, 0.1) is 19.8 Å². The highest BCUT2D eigenvalue weighted by Crippen LogP contribution is 2.33. The van der Waals surface area contributed by atoms with Gasteiger partial charge in [0.25, 0.3) is 0 Å². The normalized spacial score (nSPS) is 20.4. The smallest absolute Gasteiger partial charge is 0.304 e. The number of aliphatic carboxylic acids is 1. The van der Waals surface area contributed by atoms with E-state index < -0.39 is 12.1 Å². The maximum Gasteiger partial charge on any atom is 0.304 e. The molecule has 65 heavy (non-hydrogen) atoms. The molecular weight excluding hydrogens is 827 g/mol. The van der Waals surface area contributed by atoms with Crippen molar-refractivity contribution in [3.8, 4) is 5.69 Å². The maximum atomic E-state index is 13.3. The van der Waals surface area contributed by atoms with Crippen LogP contribution < -0.4 is 15.5 Å². The number of aryl methyl sites for hydroxylation is 4. The van der Waals surface area contributed by atoms with Crippen LogP contribution >= 0.6 is 0 Å². The lowest BCUT2D eigenvalue weighted by molar-refractivity contribution is -0.137. The van der Waals surface area contributed by atoms with Crippen molar-refractivity contribution in [2.24, 2.45) is 5.92 Å². The summed E-state index contributed by atoms with van der Waals surface area (Å²) in [6, 6.07) is 12.5. The van der Waals surface area contributed by atoms with Gasteiger partial charge < -0.3 is 45.6 Å². The molecule has 3 fully saturated rings. The summed E-state index contributed by atoms with van der Waals surface area (Å²) in [6.07, 6.45) is 8.74. The first-order valence-corrected chi connectivity index (χ1v) is 24.2. The van der Waals surface area contributed by atoms with Crippen molar-refractivity contribution >= 4 is 35.2 Å². The van der Waals surface area contributed by atoms with E-state index in [2.05, 4.69) is 50.8 Å². The van der Waals surface area contributed by atoms with Crippen molar-refractivity contribution in [2.75, 3.05) is 82.3 Å². The Morgan fingerprint density at radius 3 is 2.48 bits per heavy atom. The molecule has 0 spiro atoms. The lowest BCUT2D eigenvalue weighted by Gasteiger charge is -2.37. The van der Waals surface area contributed by atoms with Crippen molar-refractivity contribution in [3.05, 3.63) is 64.6 Å². The van der Waals surface area contributed by atoms with E-state index in [0.29, 0.717) is 77.3 Å². The molecule has 4 aliphatic heterocycles. The van der Waals surface area contributed by atoms with Gasteiger partial charge in [0.05, 0.1) is 36.6 Å². The van der Waals surface area contributed by atoms with Crippen LogP contribution in [0.1, 0.15) is 111 Å². The number of nitrogens with zero attached hydrogens (tertiary/aromatic N) is 7. The monoisotopic (exact) mass is 898 g/mol. The summed E-state index contributed by atoms with van der Waals surface area (Å²) in [7, 11) is 0. The number of unbranched alkanes of at least 4 members (excludes halogenated alkanes) is 2. The quantitative estimate of drug-likeness (QED) is 0.0958.